The zero-order valence-electron chi connectivity index (χ0n) is 17.4. The Morgan fingerprint density at radius 2 is 1.58 bits per heavy atom. The maximum atomic E-state index is 15.2. The molecule has 0 saturated carbocycles. The molecule has 33 heavy (non-hydrogen) atoms. The average Bonchev–Trinajstić information content (AvgIpc) is 3.43. The maximum Gasteiger partial charge on any atom is 0.135 e. The first-order chi connectivity index (χ1) is 16.2. The van der Waals surface area contributed by atoms with Crippen LogP contribution in [0.4, 0.5) is 4.39 Å². The van der Waals surface area contributed by atoms with E-state index >= 15 is 4.39 Å². The highest BCUT2D eigenvalue weighted by molar-refractivity contribution is 8.01. The molecule has 5 aromatic rings. The van der Waals surface area contributed by atoms with E-state index in [1.165, 1.54) is 6.07 Å². The van der Waals surface area contributed by atoms with E-state index < -0.39 is 4.75 Å². The van der Waals surface area contributed by atoms with Crippen molar-refractivity contribution in [2.45, 2.75) is 9.64 Å². The first kappa shape index (κ1) is 18.8. The molecule has 0 amide bonds. The summed E-state index contributed by atoms with van der Waals surface area (Å²) in [4.78, 5) is 1.07. The van der Waals surface area contributed by atoms with Gasteiger partial charge in [-0.05, 0) is 53.8 Å². The zero-order valence-corrected chi connectivity index (χ0v) is 18.2. The Labute approximate surface area is 193 Å². The van der Waals surface area contributed by atoms with Crippen LogP contribution >= 0.6 is 11.8 Å². The summed E-state index contributed by atoms with van der Waals surface area (Å²) in [7, 11) is 0. The normalized spacial score (nSPS) is 18.0. The van der Waals surface area contributed by atoms with Crippen molar-refractivity contribution < 1.29 is 13.5 Å². The first-order valence-corrected chi connectivity index (χ1v) is 11.6. The number of thioether (sulfide) groups is 1. The molecule has 158 valence electrons. The number of benzene rings is 4. The van der Waals surface area contributed by atoms with Crippen LogP contribution in [0.1, 0.15) is 16.9 Å². The van der Waals surface area contributed by atoms with Crippen LogP contribution in [0.2, 0.25) is 0 Å². The number of hydrogen-bond donors (Lipinski definition) is 0. The van der Waals surface area contributed by atoms with Gasteiger partial charge in [0.05, 0.1) is 0 Å². The Hall–Kier alpha value is -3.76. The van der Waals surface area contributed by atoms with E-state index in [4.69, 9.17) is 9.15 Å². The third-order valence-electron chi connectivity index (χ3n) is 6.29. The van der Waals surface area contributed by atoms with E-state index in [-0.39, 0.29) is 5.82 Å². The Kier molecular flexibility index (Phi) is 3.91. The largest absolute Gasteiger partial charge is 0.459 e. The molecule has 0 radical (unpaired) electrons. The first-order valence-electron chi connectivity index (χ1n) is 10.8. The summed E-state index contributed by atoms with van der Waals surface area (Å²) < 4.78 is 26.9. The van der Waals surface area contributed by atoms with E-state index in [1.807, 2.05) is 66.7 Å². The van der Waals surface area contributed by atoms with Crippen molar-refractivity contribution in [2.24, 2.45) is 0 Å². The molecule has 0 fully saturated rings. The van der Waals surface area contributed by atoms with Gasteiger partial charge >= 0.3 is 0 Å². The summed E-state index contributed by atoms with van der Waals surface area (Å²) in [5.74, 6) is 2.10. The van der Waals surface area contributed by atoms with Gasteiger partial charge in [0.25, 0.3) is 0 Å². The molecule has 4 aromatic carbocycles. The molecule has 0 N–H and O–H groups in total. The third kappa shape index (κ3) is 2.81. The number of hydrogen-bond acceptors (Lipinski definition) is 3. The van der Waals surface area contributed by atoms with Gasteiger partial charge in [-0.2, -0.15) is 0 Å². The molecule has 1 aromatic heterocycles. The van der Waals surface area contributed by atoms with Crippen LogP contribution in [-0.2, 0) is 4.75 Å². The second-order valence-corrected chi connectivity index (χ2v) is 9.61. The smallest absolute Gasteiger partial charge is 0.135 e. The lowest BCUT2D eigenvalue weighted by Gasteiger charge is -2.25. The lowest BCUT2D eigenvalue weighted by atomic mass is 9.93. The standard InChI is InChI=1S/C29H17FO2S/c30-23-10-4-3-9-22(23)29(28-16-19-8-2-6-12-25(19)32-28)17-21-14-26-20(15-27(21)33-29)13-18-7-1-5-11-24(18)31-26/h1-17H. The van der Waals surface area contributed by atoms with Crippen LogP contribution in [0.15, 0.2) is 100 Å². The van der Waals surface area contributed by atoms with E-state index in [0.29, 0.717) is 11.3 Å². The number of para-hydroxylation sites is 2. The Morgan fingerprint density at radius 1 is 0.758 bits per heavy atom. The molecule has 1 atom stereocenters. The molecule has 0 bridgehead atoms. The summed E-state index contributed by atoms with van der Waals surface area (Å²) in [5, 5.41) is 3.03. The van der Waals surface area contributed by atoms with Crippen LogP contribution in [0, 0.1) is 5.82 Å². The molecule has 1 unspecified atom stereocenters. The maximum absolute atomic E-state index is 15.2. The summed E-state index contributed by atoms with van der Waals surface area (Å²) in [6.45, 7) is 0. The molecule has 2 aliphatic rings. The zero-order chi connectivity index (χ0) is 22.0. The summed E-state index contributed by atoms with van der Waals surface area (Å²) in [6.07, 6.45) is 4.24. The molecular weight excluding hydrogens is 431 g/mol. The van der Waals surface area contributed by atoms with E-state index in [0.717, 1.165) is 43.4 Å². The number of rotatable bonds is 2. The topological polar surface area (TPSA) is 22.4 Å². The van der Waals surface area contributed by atoms with Gasteiger partial charge in [-0.1, -0.05) is 54.6 Å². The predicted octanol–water partition coefficient (Wildman–Crippen LogP) is 6.34. The van der Waals surface area contributed by atoms with Crippen molar-refractivity contribution in [2.75, 3.05) is 0 Å². The van der Waals surface area contributed by atoms with Crippen LogP contribution < -0.4 is 15.2 Å². The van der Waals surface area contributed by atoms with Gasteiger partial charge in [-0.25, -0.2) is 4.39 Å². The molecule has 3 heterocycles. The van der Waals surface area contributed by atoms with E-state index in [2.05, 4.69) is 24.3 Å². The van der Waals surface area contributed by atoms with Gasteiger partial charge in [-0.15, -0.1) is 11.8 Å². The minimum absolute atomic E-state index is 0.255. The summed E-state index contributed by atoms with van der Waals surface area (Å²) in [6, 6.07) is 29.0. The van der Waals surface area contributed by atoms with Crippen molar-refractivity contribution in [1.82, 2.24) is 0 Å². The molecule has 2 nitrogen and oxygen atoms in total. The lowest BCUT2D eigenvalue weighted by Crippen LogP contribution is -2.20. The fraction of sp³-hybridized carbons (Fsp3) is 0.0345. The molecule has 7 rings (SSSR count). The second kappa shape index (κ2) is 6.87. The monoisotopic (exact) mass is 448 g/mol. The number of halogens is 1. The van der Waals surface area contributed by atoms with Crippen LogP contribution in [0.5, 0.6) is 11.5 Å². The minimum Gasteiger partial charge on any atom is -0.459 e. The Balaban J connectivity index is 1.47. The fourth-order valence-electron chi connectivity index (χ4n) is 4.71. The predicted molar refractivity (Wildman–Crippen MR) is 129 cm³/mol. The van der Waals surface area contributed by atoms with E-state index in [1.54, 1.807) is 17.8 Å². The van der Waals surface area contributed by atoms with Gasteiger partial charge < -0.3 is 9.15 Å². The Morgan fingerprint density at radius 3 is 2.48 bits per heavy atom. The SMILES string of the molecule is Fc1ccccc1C1(c2cc3ccccc3o2)C=c2cc3c(cc2S1)=Cc1ccccc1O3. The molecule has 0 spiro atoms. The second-order valence-electron chi connectivity index (χ2n) is 8.32. The van der Waals surface area contributed by atoms with Crippen LogP contribution in [0.25, 0.3) is 23.1 Å². The van der Waals surface area contributed by atoms with Crippen LogP contribution in [0.3, 0.4) is 0 Å². The van der Waals surface area contributed by atoms with Gasteiger partial charge in [0, 0.05) is 26.6 Å². The highest BCUT2D eigenvalue weighted by Gasteiger charge is 2.42. The third-order valence-corrected chi connectivity index (χ3v) is 7.72. The summed E-state index contributed by atoms with van der Waals surface area (Å²) in [5.41, 5.74) is 2.42. The highest BCUT2D eigenvalue weighted by atomic mass is 32.2. The van der Waals surface area contributed by atoms with E-state index in [9.17, 15) is 0 Å². The Bertz CT molecular complexity index is 1670. The van der Waals surface area contributed by atoms with Crippen molar-refractivity contribution in [3.63, 3.8) is 0 Å². The molecule has 0 saturated heterocycles. The summed E-state index contributed by atoms with van der Waals surface area (Å²) >= 11 is 1.61. The molecular formula is C29H17FO2S. The van der Waals surface area contributed by atoms with Crippen molar-refractivity contribution >= 4 is 34.9 Å². The van der Waals surface area contributed by atoms with Gasteiger partial charge in [0.2, 0.25) is 0 Å². The minimum atomic E-state index is -0.816. The van der Waals surface area contributed by atoms with Crippen molar-refractivity contribution in [3.8, 4) is 11.5 Å². The van der Waals surface area contributed by atoms with Gasteiger partial charge in [0.1, 0.15) is 33.4 Å². The van der Waals surface area contributed by atoms with Crippen molar-refractivity contribution in [3.05, 3.63) is 124 Å². The highest BCUT2D eigenvalue weighted by Crippen LogP contribution is 2.52. The number of furan rings is 1. The quantitative estimate of drug-likeness (QED) is 0.309. The van der Waals surface area contributed by atoms with Crippen LogP contribution in [-0.4, -0.2) is 0 Å². The fourth-order valence-corrected chi connectivity index (χ4v) is 6.14. The number of ether oxygens (including phenoxy) is 1. The lowest BCUT2D eigenvalue weighted by molar-refractivity contribution is 0.472. The average molecular weight is 449 g/mol. The van der Waals surface area contributed by atoms with Gasteiger partial charge in [0.15, 0.2) is 0 Å². The van der Waals surface area contributed by atoms with Crippen molar-refractivity contribution in [1.29, 1.82) is 0 Å². The van der Waals surface area contributed by atoms with Gasteiger partial charge in [-0.3, -0.25) is 0 Å². The molecule has 4 heteroatoms. The molecule has 0 aliphatic carbocycles. The molecule has 2 aliphatic heterocycles. The number of fused-ring (bicyclic) bond motifs is 4.